The Morgan fingerprint density at radius 2 is 1.64 bits per heavy atom. The predicted molar refractivity (Wildman–Crippen MR) is 91.3 cm³/mol. The zero-order chi connectivity index (χ0) is 18.2. The molecule has 0 aliphatic carbocycles. The van der Waals surface area contributed by atoms with E-state index in [0.29, 0.717) is 19.6 Å². The van der Waals surface area contributed by atoms with Crippen LogP contribution in [0.25, 0.3) is 0 Å². The molecule has 8 nitrogen and oxygen atoms in total. The van der Waals surface area contributed by atoms with Crippen LogP contribution in [0.1, 0.15) is 11.1 Å². The van der Waals surface area contributed by atoms with Crippen LogP contribution < -0.4 is 11.1 Å². The normalized spacial score (nSPS) is 15.0. The highest BCUT2D eigenvalue weighted by atomic mass is 16.3. The maximum Gasteiger partial charge on any atom is 0.290 e. The van der Waals surface area contributed by atoms with E-state index < -0.39 is 18.3 Å². The van der Waals surface area contributed by atoms with Crippen molar-refractivity contribution < 1.29 is 19.5 Å². The van der Waals surface area contributed by atoms with Gasteiger partial charge in [-0.05, 0) is 11.1 Å². The third kappa shape index (κ3) is 5.63. The molecule has 8 heteroatoms. The lowest BCUT2D eigenvalue weighted by Gasteiger charge is -2.34. The number of benzene rings is 1. The number of carbonyl (C=O) groups is 3. The minimum Gasteiger partial charge on any atom is -0.388 e. The Labute approximate surface area is 146 Å². The topological polar surface area (TPSA) is 116 Å². The molecule has 0 saturated carbocycles. The molecule has 25 heavy (non-hydrogen) atoms. The van der Waals surface area contributed by atoms with Gasteiger partial charge in [0.1, 0.15) is 6.61 Å². The van der Waals surface area contributed by atoms with Crippen LogP contribution in [0.5, 0.6) is 0 Å². The van der Waals surface area contributed by atoms with Crippen molar-refractivity contribution in [3.8, 4) is 0 Å². The van der Waals surface area contributed by atoms with E-state index in [1.807, 2.05) is 12.1 Å². The van der Waals surface area contributed by atoms with Crippen molar-refractivity contribution in [2.45, 2.75) is 13.1 Å². The molecule has 0 bridgehead atoms. The number of aliphatic hydroxyl groups excluding tert-OH is 1. The molecule has 1 fully saturated rings. The zero-order valence-electron chi connectivity index (χ0n) is 14.1. The Morgan fingerprint density at radius 1 is 1.04 bits per heavy atom. The summed E-state index contributed by atoms with van der Waals surface area (Å²) >= 11 is 0. The molecule has 1 heterocycles. The first kappa shape index (κ1) is 19.0. The molecular weight excluding hydrogens is 324 g/mol. The van der Waals surface area contributed by atoms with Gasteiger partial charge in [-0.2, -0.15) is 0 Å². The molecule has 0 radical (unpaired) electrons. The number of ketones is 1. The average Bonchev–Trinajstić information content (AvgIpc) is 2.66. The van der Waals surface area contributed by atoms with E-state index in [2.05, 4.69) is 22.3 Å². The zero-order valence-corrected chi connectivity index (χ0v) is 14.1. The highest BCUT2D eigenvalue weighted by molar-refractivity contribution is 6.36. The lowest BCUT2D eigenvalue weighted by atomic mass is 10.1. The fraction of sp³-hybridized carbons (Fsp3) is 0.471. The molecule has 4 N–H and O–H groups in total. The molecule has 2 rings (SSSR count). The Morgan fingerprint density at radius 3 is 2.20 bits per heavy atom. The maximum atomic E-state index is 12.1. The Hall–Kier alpha value is -2.29. The number of piperazine rings is 1. The van der Waals surface area contributed by atoms with E-state index in [-0.39, 0.29) is 12.5 Å². The van der Waals surface area contributed by atoms with Crippen molar-refractivity contribution >= 4 is 17.6 Å². The highest BCUT2D eigenvalue weighted by Crippen LogP contribution is 2.10. The van der Waals surface area contributed by atoms with Gasteiger partial charge in [0.25, 0.3) is 5.91 Å². The molecule has 2 amide bonds. The Kier molecular flexibility index (Phi) is 7.05. The number of hydrogen-bond donors (Lipinski definition) is 3. The standard InChI is InChI=1S/C17H24N4O4/c18-9-13-1-3-14(4-2-13)11-20-5-7-21(8-6-20)16(24)10-19-17(25)15(23)12-22/h1-4,22H,5-12,18H2,(H,19,25). The monoisotopic (exact) mass is 348 g/mol. The number of nitrogens with one attached hydrogen (secondary N) is 1. The number of hydrogen-bond acceptors (Lipinski definition) is 6. The lowest BCUT2D eigenvalue weighted by Crippen LogP contribution is -2.51. The van der Waals surface area contributed by atoms with Gasteiger partial charge in [-0.1, -0.05) is 24.3 Å². The van der Waals surface area contributed by atoms with Gasteiger partial charge in [0.05, 0.1) is 6.54 Å². The maximum absolute atomic E-state index is 12.1. The van der Waals surface area contributed by atoms with Crippen molar-refractivity contribution in [1.82, 2.24) is 15.1 Å². The number of aliphatic hydroxyl groups is 1. The number of nitrogens with two attached hydrogens (primary N) is 1. The van der Waals surface area contributed by atoms with Crippen LogP contribution in [0.15, 0.2) is 24.3 Å². The summed E-state index contributed by atoms with van der Waals surface area (Å²) in [7, 11) is 0. The molecular formula is C17H24N4O4. The fourth-order valence-electron chi connectivity index (χ4n) is 2.63. The largest absolute Gasteiger partial charge is 0.388 e. The summed E-state index contributed by atoms with van der Waals surface area (Å²) in [6, 6.07) is 8.16. The molecule has 1 saturated heterocycles. The van der Waals surface area contributed by atoms with Crippen LogP contribution in [-0.2, 0) is 27.5 Å². The van der Waals surface area contributed by atoms with Crippen LogP contribution in [0.3, 0.4) is 0 Å². The summed E-state index contributed by atoms with van der Waals surface area (Å²) in [4.78, 5) is 38.2. The number of amides is 2. The summed E-state index contributed by atoms with van der Waals surface area (Å²) in [5.41, 5.74) is 7.89. The van der Waals surface area contributed by atoms with E-state index in [1.54, 1.807) is 4.90 Å². The summed E-state index contributed by atoms with van der Waals surface area (Å²) in [5.74, 6) is -2.11. The van der Waals surface area contributed by atoms with Gasteiger partial charge in [-0.15, -0.1) is 0 Å². The number of rotatable bonds is 7. The van der Waals surface area contributed by atoms with Gasteiger partial charge >= 0.3 is 0 Å². The van der Waals surface area contributed by atoms with Gasteiger partial charge < -0.3 is 21.1 Å². The molecule has 0 unspecified atom stereocenters. The number of carbonyl (C=O) groups excluding carboxylic acids is 3. The van der Waals surface area contributed by atoms with Gasteiger partial charge in [-0.25, -0.2) is 0 Å². The third-order valence-electron chi connectivity index (χ3n) is 4.19. The average molecular weight is 348 g/mol. The van der Waals surface area contributed by atoms with Crippen LogP contribution in [0.2, 0.25) is 0 Å². The smallest absolute Gasteiger partial charge is 0.290 e. The first-order chi connectivity index (χ1) is 12.0. The second-order valence-electron chi connectivity index (χ2n) is 5.94. The molecule has 0 spiro atoms. The van der Waals surface area contributed by atoms with Crippen LogP contribution in [0.4, 0.5) is 0 Å². The van der Waals surface area contributed by atoms with Crippen molar-refractivity contribution in [3.05, 3.63) is 35.4 Å². The van der Waals surface area contributed by atoms with Crippen LogP contribution in [-0.4, -0.2) is 71.8 Å². The molecule has 0 aromatic heterocycles. The van der Waals surface area contributed by atoms with Gasteiger partial charge in [0.2, 0.25) is 11.7 Å². The quantitative estimate of drug-likeness (QED) is 0.515. The Bertz CT molecular complexity index is 610. The predicted octanol–water partition coefficient (Wildman–Crippen LogP) is -1.53. The molecule has 1 aromatic carbocycles. The van der Waals surface area contributed by atoms with E-state index in [9.17, 15) is 14.4 Å². The molecule has 0 atom stereocenters. The number of nitrogens with zero attached hydrogens (tertiary/aromatic N) is 2. The second-order valence-corrected chi connectivity index (χ2v) is 5.94. The highest BCUT2D eigenvalue weighted by Gasteiger charge is 2.22. The second kappa shape index (κ2) is 9.26. The molecule has 1 aromatic rings. The van der Waals surface area contributed by atoms with Crippen LogP contribution in [0, 0.1) is 0 Å². The first-order valence-corrected chi connectivity index (χ1v) is 8.23. The van der Waals surface area contributed by atoms with Crippen molar-refractivity contribution in [3.63, 3.8) is 0 Å². The van der Waals surface area contributed by atoms with E-state index in [0.717, 1.165) is 25.2 Å². The van der Waals surface area contributed by atoms with E-state index in [4.69, 9.17) is 10.8 Å². The third-order valence-corrected chi connectivity index (χ3v) is 4.19. The summed E-state index contributed by atoms with van der Waals surface area (Å²) in [5, 5.41) is 10.8. The SMILES string of the molecule is NCc1ccc(CN2CCN(C(=O)CNC(=O)C(=O)CO)CC2)cc1. The molecule has 1 aliphatic rings. The molecule has 1 aliphatic heterocycles. The first-order valence-electron chi connectivity index (χ1n) is 8.23. The Balaban J connectivity index is 1.74. The lowest BCUT2D eigenvalue weighted by molar-refractivity contribution is -0.141. The fourth-order valence-corrected chi connectivity index (χ4v) is 2.63. The van der Waals surface area contributed by atoms with E-state index in [1.165, 1.54) is 5.56 Å². The summed E-state index contributed by atoms with van der Waals surface area (Å²) < 4.78 is 0. The van der Waals surface area contributed by atoms with Crippen molar-refractivity contribution in [2.75, 3.05) is 39.3 Å². The minimum atomic E-state index is -0.946. The van der Waals surface area contributed by atoms with Gasteiger partial charge in [0, 0.05) is 39.3 Å². The van der Waals surface area contributed by atoms with Gasteiger partial charge in [-0.3, -0.25) is 19.3 Å². The number of Topliss-reactive ketones (excluding diaryl/α,β-unsaturated/α-hetero) is 1. The van der Waals surface area contributed by atoms with Gasteiger partial charge in [0.15, 0.2) is 0 Å². The van der Waals surface area contributed by atoms with Crippen LogP contribution >= 0.6 is 0 Å². The summed E-state index contributed by atoms with van der Waals surface area (Å²) in [6.07, 6.45) is 0. The molecule has 136 valence electrons. The van der Waals surface area contributed by atoms with Crippen molar-refractivity contribution in [2.24, 2.45) is 5.73 Å². The minimum absolute atomic E-state index is 0.231. The van der Waals surface area contributed by atoms with Crippen molar-refractivity contribution in [1.29, 1.82) is 0 Å². The van der Waals surface area contributed by atoms with E-state index >= 15 is 0 Å². The summed E-state index contributed by atoms with van der Waals surface area (Å²) in [6.45, 7) is 2.89.